The Morgan fingerprint density at radius 2 is 1.23 bits per heavy atom. The molecule has 1 aliphatic carbocycles. The smallest absolute Gasteiger partial charge is 0.132 e. The summed E-state index contributed by atoms with van der Waals surface area (Å²) in [6.45, 7) is 5.36. The van der Waals surface area contributed by atoms with Gasteiger partial charge in [0, 0.05) is 12.8 Å². The second-order valence-electron chi connectivity index (χ2n) is 2.39. The molecule has 0 aromatic carbocycles. The summed E-state index contributed by atoms with van der Waals surface area (Å²) in [4.78, 5) is 27.6. The van der Waals surface area contributed by atoms with Crippen LogP contribution in [0.15, 0.2) is 13.2 Å². The number of ketones is 1. The summed E-state index contributed by atoms with van der Waals surface area (Å²) in [5.41, 5.74) is 0. The van der Waals surface area contributed by atoms with Crippen molar-refractivity contribution in [1.29, 1.82) is 0 Å². The van der Waals surface area contributed by atoms with Gasteiger partial charge in [0.25, 0.3) is 0 Å². The first-order valence-corrected chi connectivity index (χ1v) is 4.03. The molecule has 1 rings (SSSR count). The highest BCUT2D eigenvalue weighted by molar-refractivity contribution is 5.78. The quantitative estimate of drug-likeness (QED) is 0.534. The van der Waals surface area contributed by atoms with Crippen LogP contribution >= 0.6 is 0 Å². The van der Waals surface area contributed by atoms with Gasteiger partial charge in [-0.25, -0.2) is 9.59 Å². The number of rotatable bonds is 0. The van der Waals surface area contributed by atoms with E-state index in [1.54, 1.807) is 0 Å². The third-order valence-corrected chi connectivity index (χ3v) is 1.41. The monoisotopic (exact) mass is 182 g/mol. The number of carbonyl (C=O) groups is 1. The maximum atomic E-state index is 10.5. The molecule has 0 aromatic heterocycles. The molecule has 0 atom stereocenters. The molecule has 1 fully saturated rings. The van der Waals surface area contributed by atoms with Gasteiger partial charge < -0.3 is 0 Å². The molecule has 3 heteroatoms. The van der Waals surface area contributed by atoms with Crippen molar-refractivity contribution < 1.29 is 14.4 Å². The zero-order chi connectivity index (χ0) is 10.5. The summed E-state index contributed by atoms with van der Waals surface area (Å²) in [6, 6.07) is 0. The van der Waals surface area contributed by atoms with Gasteiger partial charge in [-0.2, -0.15) is 0 Å². The second kappa shape index (κ2) is 13.2. The SMILES string of the molecule is C=C=O.C=C=O.O=C1CCCCC1. The minimum absolute atomic E-state index is 0.464. The summed E-state index contributed by atoms with van der Waals surface area (Å²) in [7, 11) is 0. The Morgan fingerprint density at radius 3 is 1.38 bits per heavy atom. The molecule has 0 heterocycles. The van der Waals surface area contributed by atoms with Gasteiger partial charge in [-0.05, 0) is 26.0 Å². The Morgan fingerprint density at radius 1 is 0.923 bits per heavy atom. The van der Waals surface area contributed by atoms with Gasteiger partial charge in [-0.1, -0.05) is 6.42 Å². The molecule has 1 saturated carbocycles. The van der Waals surface area contributed by atoms with E-state index in [1.165, 1.54) is 18.3 Å². The lowest BCUT2D eigenvalue weighted by Gasteiger charge is -2.05. The molecule has 0 aliphatic heterocycles. The molecule has 0 saturated heterocycles. The van der Waals surface area contributed by atoms with Crippen LogP contribution in [0, 0.1) is 0 Å². The minimum Gasteiger partial charge on any atom is -0.300 e. The Bertz CT molecular complexity index is 174. The highest BCUT2D eigenvalue weighted by Crippen LogP contribution is 2.12. The van der Waals surface area contributed by atoms with Crippen LogP contribution in [0.5, 0.6) is 0 Å². The minimum atomic E-state index is 0.464. The van der Waals surface area contributed by atoms with E-state index in [-0.39, 0.29) is 0 Å². The summed E-state index contributed by atoms with van der Waals surface area (Å²) in [6.07, 6.45) is 5.24. The average Bonchev–Trinajstić information content (AvgIpc) is 2.08. The Balaban J connectivity index is 0. The Labute approximate surface area is 78.1 Å². The fourth-order valence-electron chi connectivity index (χ4n) is 0.946. The van der Waals surface area contributed by atoms with Crippen molar-refractivity contribution in [3.05, 3.63) is 13.2 Å². The van der Waals surface area contributed by atoms with Crippen molar-refractivity contribution in [2.45, 2.75) is 32.1 Å². The average molecular weight is 182 g/mol. The highest BCUT2D eigenvalue weighted by atomic mass is 16.1. The summed E-state index contributed by atoms with van der Waals surface area (Å²) in [5, 5.41) is 0. The van der Waals surface area contributed by atoms with Crippen molar-refractivity contribution in [3.63, 3.8) is 0 Å². The van der Waals surface area contributed by atoms with E-state index in [2.05, 4.69) is 13.2 Å². The first-order chi connectivity index (χ1) is 6.22. The van der Waals surface area contributed by atoms with E-state index in [0.717, 1.165) is 25.7 Å². The van der Waals surface area contributed by atoms with Crippen molar-refractivity contribution in [3.8, 4) is 0 Å². The van der Waals surface area contributed by atoms with Crippen LogP contribution in [0.4, 0.5) is 0 Å². The third kappa shape index (κ3) is 18.0. The number of hydrogen-bond donors (Lipinski definition) is 0. The molecule has 0 radical (unpaired) electrons. The van der Waals surface area contributed by atoms with Gasteiger partial charge >= 0.3 is 0 Å². The van der Waals surface area contributed by atoms with Crippen molar-refractivity contribution in [2.24, 2.45) is 0 Å². The molecule has 72 valence electrons. The topological polar surface area (TPSA) is 51.2 Å². The largest absolute Gasteiger partial charge is 0.300 e. The first kappa shape index (κ1) is 14.1. The predicted molar refractivity (Wildman–Crippen MR) is 50.7 cm³/mol. The van der Waals surface area contributed by atoms with Gasteiger partial charge in [0.2, 0.25) is 0 Å². The van der Waals surface area contributed by atoms with Crippen LogP contribution in [0.3, 0.4) is 0 Å². The lowest BCUT2D eigenvalue weighted by atomic mass is 10.00. The molecule has 0 bridgehead atoms. The molecular weight excluding hydrogens is 168 g/mol. The van der Waals surface area contributed by atoms with Crippen LogP contribution in [0.1, 0.15) is 32.1 Å². The summed E-state index contributed by atoms with van der Waals surface area (Å²) in [5.74, 6) is 2.96. The Kier molecular flexibility index (Phi) is 14.3. The van der Waals surface area contributed by atoms with E-state index in [4.69, 9.17) is 9.59 Å². The van der Waals surface area contributed by atoms with Crippen molar-refractivity contribution >= 4 is 17.7 Å². The molecule has 0 unspecified atom stereocenters. The van der Waals surface area contributed by atoms with E-state index in [9.17, 15) is 4.79 Å². The molecule has 13 heavy (non-hydrogen) atoms. The van der Waals surface area contributed by atoms with Gasteiger partial charge in [0.15, 0.2) is 0 Å². The van der Waals surface area contributed by atoms with Gasteiger partial charge in [-0.3, -0.25) is 4.79 Å². The third-order valence-electron chi connectivity index (χ3n) is 1.41. The normalized spacial score (nSPS) is 13.4. The summed E-state index contributed by atoms with van der Waals surface area (Å²) < 4.78 is 0. The number of hydrogen-bond acceptors (Lipinski definition) is 3. The zero-order valence-corrected chi connectivity index (χ0v) is 7.67. The highest BCUT2D eigenvalue weighted by Gasteiger charge is 2.05. The molecule has 0 amide bonds. The first-order valence-electron chi connectivity index (χ1n) is 4.03. The predicted octanol–water partition coefficient (Wildman–Crippen LogP) is 1.53. The van der Waals surface area contributed by atoms with E-state index >= 15 is 0 Å². The van der Waals surface area contributed by atoms with Gasteiger partial charge in [-0.15, -0.1) is 0 Å². The maximum Gasteiger partial charge on any atom is 0.132 e. The zero-order valence-electron chi connectivity index (χ0n) is 7.67. The van der Waals surface area contributed by atoms with Crippen LogP contribution in [0.25, 0.3) is 0 Å². The molecular formula is C10H14O3. The molecule has 0 spiro atoms. The van der Waals surface area contributed by atoms with E-state index in [1.807, 2.05) is 0 Å². The van der Waals surface area contributed by atoms with Crippen molar-refractivity contribution in [2.75, 3.05) is 0 Å². The van der Waals surface area contributed by atoms with Crippen LogP contribution in [0.2, 0.25) is 0 Å². The van der Waals surface area contributed by atoms with Crippen molar-refractivity contribution in [1.82, 2.24) is 0 Å². The van der Waals surface area contributed by atoms with Crippen LogP contribution in [-0.2, 0) is 14.4 Å². The van der Waals surface area contributed by atoms with E-state index < -0.39 is 0 Å². The number of Topliss-reactive ketones (excluding diaryl/α,β-unsaturated/α-hetero) is 1. The summed E-state index contributed by atoms with van der Waals surface area (Å²) >= 11 is 0. The molecule has 0 N–H and O–H groups in total. The lowest BCUT2D eigenvalue weighted by Crippen LogP contribution is -2.02. The lowest BCUT2D eigenvalue weighted by molar-refractivity contribution is -0.120. The van der Waals surface area contributed by atoms with Gasteiger partial charge in [0.1, 0.15) is 17.7 Å². The second-order valence-corrected chi connectivity index (χ2v) is 2.39. The fourth-order valence-corrected chi connectivity index (χ4v) is 0.946. The maximum absolute atomic E-state index is 10.5. The fraction of sp³-hybridized carbons (Fsp3) is 0.500. The van der Waals surface area contributed by atoms with Crippen LogP contribution < -0.4 is 0 Å². The molecule has 0 aromatic rings. The van der Waals surface area contributed by atoms with Gasteiger partial charge in [0.05, 0.1) is 0 Å². The van der Waals surface area contributed by atoms with E-state index in [0.29, 0.717) is 5.78 Å². The molecule has 1 aliphatic rings. The number of carbonyl (C=O) groups excluding carboxylic acids is 3. The van der Waals surface area contributed by atoms with Crippen LogP contribution in [-0.4, -0.2) is 17.7 Å². The standard InChI is InChI=1S/C6H10O.2C2H2O/c7-6-4-2-1-3-5-6;2*1-2-3/h1-5H2;2*1H2. The Hall–Kier alpha value is -1.43. The molecule has 3 nitrogen and oxygen atoms in total.